The molecule has 18 heavy (non-hydrogen) atoms. The number of anilines is 1. The van der Waals surface area contributed by atoms with E-state index in [-0.39, 0.29) is 0 Å². The molecule has 0 N–H and O–H groups in total. The molecule has 0 aliphatic carbocycles. The van der Waals surface area contributed by atoms with Crippen LogP contribution in [0.1, 0.15) is 0 Å². The summed E-state index contributed by atoms with van der Waals surface area (Å²) in [6.07, 6.45) is 11.8. The van der Waals surface area contributed by atoms with Gasteiger partial charge in [0.1, 0.15) is 18.2 Å². The molecule has 2 aromatic rings. The van der Waals surface area contributed by atoms with E-state index in [1.807, 2.05) is 70.7 Å². The predicted octanol–water partition coefficient (Wildman–Crippen LogP) is 0.955. The third-order valence-corrected chi connectivity index (χ3v) is 2.67. The maximum Gasteiger partial charge on any atom is 0.245 e. The van der Waals surface area contributed by atoms with E-state index in [2.05, 4.69) is 16.2 Å². The van der Waals surface area contributed by atoms with Gasteiger partial charge in [0, 0.05) is 18.6 Å². The van der Waals surface area contributed by atoms with Gasteiger partial charge >= 0.3 is 0 Å². The lowest BCUT2D eigenvalue weighted by Crippen LogP contribution is -2.26. The molecule has 0 aromatic carbocycles. The van der Waals surface area contributed by atoms with Crippen molar-refractivity contribution in [2.24, 2.45) is 7.05 Å². The highest BCUT2D eigenvalue weighted by molar-refractivity contribution is 5.45. The number of hydrogen-bond donors (Lipinski definition) is 0. The molecule has 0 unspecified atom stereocenters. The zero-order valence-electron chi connectivity index (χ0n) is 10.1. The topological polar surface area (TPSA) is 28.2 Å². The molecule has 2 aromatic heterocycles. The van der Waals surface area contributed by atoms with Crippen molar-refractivity contribution >= 4 is 5.82 Å². The van der Waals surface area contributed by atoms with Crippen LogP contribution in [0.5, 0.6) is 0 Å². The van der Waals surface area contributed by atoms with Crippen LogP contribution in [0.15, 0.2) is 55.5 Å². The largest absolute Gasteiger partial charge is 0.309 e. The molecule has 90 valence electrons. The van der Waals surface area contributed by atoms with Gasteiger partial charge in [-0.15, -0.1) is 0 Å². The first kappa shape index (κ1) is 10.8. The van der Waals surface area contributed by atoms with Gasteiger partial charge in [0.25, 0.3) is 0 Å². The minimum atomic E-state index is 0.737. The molecule has 2 radical (unpaired) electrons. The summed E-state index contributed by atoms with van der Waals surface area (Å²) in [5, 5.41) is 0. The van der Waals surface area contributed by atoms with Gasteiger partial charge in [-0.3, -0.25) is 4.90 Å². The molecule has 3 heterocycles. The number of pyridine rings is 1. The smallest absolute Gasteiger partial charge is 0.245 e. The van der Waals surface area contributed by atoms with Crippen molar-refractivity contribution in [3.05, 3.63) is 62.2 Å². The highest BCUT2D eigenvalue weighted by Crippen LogP contribution is 2.19. The SMILES string of the molecule is C[n+]1ccn(CN2[C]N(c3ccccn3)C=C2)c1. The molecular weight excluding hydrogens is 226 g/mol. The average molecular weight is 240 g/mol. The molecule has 0 amide bonds. The molecule has 1 aliphatic heterocycles. The van der Waals surface area contributed by atoms with E-state index in [0.29, 0.717) is 0 Å². The Labute approximate surface area is 106 Å². The van der Waals surface area contributed by atoms with Crippen LogP contribution in [0.3, 0.4) is 0 Å². The van der Waals surface area contributed by atoms with Crippen LogP contribution in [0.2, 0.25) is 0 Å². The molecule has 0 saturated heterocycles. The summed E-state index contributed by atoms with van der Waals surface area (Å²) >= 11 is 0. The second kappa shape index (κ2) is 4.52. The van der Waals surface area contributed by atoms with Crippen molar-refractivity contribution in [1.82, 2.24) is 14.5 Å². The number of nitrogens with zero attached hydrogens (tertiary/aromatic N) is 5. The number of hydrogen-bond acceptors (Lipinski definition) is 3. The second-order valence-electron chi connectivity index (χ2n) is 4.16. The molecule has 3 rings (SSSR count). The Bertz CT molecular complexity index is 546. The summed E-state index contributed by atoms with van der Waals surface area (Å²) in [5.41, 5.74) is 0. The first-order valence-corrected chi connectivity index (χ1v) is 5.74. The lowest BCUT2D eigenvalue weighted by molar-refractivity contribution is -0.671. The van der Waals surface area contributed by atoms with Crippen LogP contribution in [-0.2, 0) is 13.7 Å². The van der Waals surface area contributed by atoms with Crippen molar-refractivity contribution in [3.63, 3.8) is 0 Å². The molecule has 5 heteroatoms. The Morgan fingerprint density at radius 1 is 1.33 bits per heavy atom. The third kappa shape index (κ3) is 2.20. The van der Waals surface area contributed by atoms with Crippen LogP contribution in [0.25, 0.3) is 0 Å². The summed E-state index contributed by atoms with van der Waals surface area (Å²) in [7, 11) is 2.00. The van der Waals surface area contributed by atoms with Crippen LogP contribution < -0.4 is 9.47 Å². The first-order valence-electron chi connectivity index (χ1n) is 5.74. The Morgan fingerprint density at radius 3 is 3.00 bits per heavy atom. The van der Waals surface area contributed by atoms with Crippen LogP contribution in [0.4, 0.5) is 5.82 Å². The van der Waals surface area contributed by atoms with E-state index in [4.69, 9.17) is 0 Å². The van der Waals surface area contributed by atoms with Crippen molar-refractivity contribution < 1.29 is 4.57 Å². The van der Waals surface area contributed by atoms with Crippen molar-refractivity contribution in [2.75, 3.05) is 4.90 Å². The highest BCUT2D eigenvalue weighted by Gasteiger charge is 2.18. The number of rotatable bonds is 3. The number of imidazole rings is 1. The maximum absolute atomic E-state index is 4.28. The van der Waals surface area contributed by atoms with Crippen LogP contribution in [0, 0.1) is 6.67 Å². The number of aromatic nitrogens is 3. The quantitative estimate of drug-likeness (QED) is 0.748. The molecule has 1 aliphatic rings. The summed E-state index contributed by atoms with van der Waals surface area (Å²) in [4.78, 5) is 8.14. The Kier molecular flexibility index (Phi) is 2.72. The lowest BCUT2D eigenvalue weighted by atomic mass is 10.4. The average Bonchev–Trinajstić information content (AvgIpc) is 3.01. The van der Waals surface area contributed by atoms with Gasteiger partial charge in [-0.05, 0) is 12.1 Å². The van der Waals surface area contributed by atoms with E-state index in [0.717, 1.165) is 12.5 Å². The summed E-state index contributed by atoms with van der Waals surface area (Å²) in [6, 6.07) is 5.82. The lowest BCUT2D eigenvalue weighted by Gasteiger charge is -2.16. The Morgan fingerprint density at radius 2 is 2.28 bits per heavy atom. The summed E-state index contributed by atoms with van der Waals surface area (Å²) in [5.74, 6) is 0.870. The molecule has 0 saturated carbocycles. The maximum atomic E-state index is 4.28. The normalized spacial score (nSPS) is 14.5. The molecule has 0 fully saturated rings. The van der Waals surface area contributed by atoms with Gasteiger partial charge in [-0.1, -0.05) is 6.07 Å². The van der Waals surface area contributed by atoms with Gasteiger partial charge in [0.15, 0.2) is 6.67 Å². The fourth-order valence-corrected chi connectivity index (χ4v) is 1.82. The van der Waals surface area contributed by atoms with E-state index >= 15 is 0 Å². The fourth-order valence-electron chi connectivity index (χ4n) is 1.82. The molecule has 0 spiro atoms. The third-order valence-electron chi connectivity index (χ3n) is 2.67. The monoisotopic (exact) mass is 240 g/mol. The van der Waals surface area contributed by atoms with Gasteiger partial charge in [-0.2, -0.15) is 0 Å². The van der Waals surface area contributed by atoms with E-state index in [1.54, 1.807) is 6.20 Å². The second-order valence-corrected chi connectivity index (χ2v) is 4.16. The van der Waals surface area contributed by atoms with Crippen molar-refractivity contribution in [3.8, 4) is 0 Å². The van der Waals surface area contributed by atoms with E-state index < -0.39 is 0 Å². The highest BCUT2D eigenvalue weighted by atomic mass is 15.4. The molecule has 0 bridgehead atoms. The van der Waals surface area contributed by atoms with Gasteiger partial charge in [-0.25, -0.2) is 14.1 Å². The summed E-state index contributed by atoms with van der Waals surface area (Å²) < 4.78 is 4.09. The van der Waals surface area contributed by atoms with E-state index in [9.17, 15) is 0 Å². The molecule has 5 nitrogen and oxygen atoms in total. The zero-order valence-corrected chi connectivity index (χ0v) is 10.1. The first-order chi connectivity index (χ1) is 8.81. The minimum Gasteiger partial charge on any atom is -0.309 e. The molecular formula is C13H14N5+. The van der Waals surface area contributed by atoms with Crippen molar-refractivity contribution in [1.29, 1.82) is 0 Å². The molecule has 0 atom stereocenters. The zero-order chi connectivity index (χ0) is 12.4. The van der Waals surface area contributed by atoms with Crippen LogP contribution in [-0.4, -0.2) is 14.5 Å². The minimum absolute atomic E-state index is 0.737. The van der Waals surface area contributed by atoms with Gasteiger partial charge in [0.2, 0.25) is 13.0 Å². The fraction of sp³-hybridized carbons (Fsp3) is 0.154. The van der Waals surface area contributed by atoms with Gasteiger partial charge < -0.3 is 4.90 Å². The Balaban J connectivity index is 1.64. The van der Waals surface area contributed by atoms with E-state index in [1.165, 1.54) is 0 Å². The van der Waals surface area contributed by atoms with Crippen LogP contribution >= 0.6 is 0 Å². The summed E-state index contributed by atoms with van der Waals surface area (Å²) in [6.45, 7) is 3.96. The Hall–Kier alpha value is -2.30. The van der Waals surface area contributed by atoms with Crippen molar-refractivity contribution in [2.45, 2.75) is 6.67 Å². The standard InChI is InChI=1S/C13H14N5/c1-15-6-7-16(10-15)11-17-8-9-18(12-17)13-4-2-3-5-14-13/h2-10H,11H2,1H3/q+1. The predicted molar refractivity (Wildman–Crippen MR) is 66.5 cm³/mol. The number of aryl methyl sites for hydroxylation is 1. The van der Waals surface area contributed by atoms with Gasteiger partial charge in [0.05, 0.1) is 7.05 Å².